The standard InChI is InChI=1S/C32H43NO7S/c1-21(34)39-19-31(20-40-22(2)35)17-24-14-15-25(29(36)38-6)28(23-11-8-7-9-12-23)32(26(24)18-31)16-10-13-27(32)33-41(37)30(3,4)5/h7-9,11-12,15,27-28,33H,10,13-14,16-20H2,1-6H3/t27-,28+,32-,41?/m0/s1. The van der Waals surface area contributed by atoms with Crippen molar-refractivity contribution >= 4 is 28.9 Å². The number of ether oxygens (including phenoxy) is 3. The fraction of sp³-hybridized carbons (Fsp3) is 0.594. The van der Waals surface area contributed by atoms with Crippen LogP contribution in [0.25, 0.3) is 0 Å². The van der Waals surface area contributed by atoms with Gasteiger partial charge in [-0.25, -0.2) is 13.7 Å². The monoisotopic (exact) mass is 585 g/mol. The van der Waals surface area contributed by atoms with Crippen LogP contribution in [-0.4, -0.2) is 53.2 Å². The highest BCUT2D eigenvalue weighted by Gasteiger charge is 2.59. The second-order valence-corrected chi connectivity index (χ2v) is 14.7. The van der Waals surface area contributed by atoms with Gasteiger partial charge in [0.15, 0.2) is 0 Å². The van der Waals surface area contributed by atoms with Crippen molar-refractivity contribution in [2.24, 2.45) is 10.8 Å². The molecule has 0 aliphatic heterocycles. The van der Waals surface area contributed by atoms with Gasteiger partial charge in [0.05, 0.1) is 22.8 Å². The number of methoxy groups -OCH3 is 1. The summed E-state index contributed by atoms with van der Waals surface area (Å²) >= 11 is 0. The molecule has 8 nitrogen and oxygen atoms in total. The number of rotatable bonds is 8. The molecule has 9 heteroatoms. The number of hydrogen-bond donors (Lipinski definition) is 1. The molecule has 0 radical (unpaired) electrons. The summed E-state index contributed by atoms with van der Waals surface area (Å²) < 4.78 is 33.1. The lowest BCUT2D eigenvalue weighted by Gasteiger charge is -2.46. The molecule has 1 N–H and O–H groups in total. The summed E-state index contributed by atoms with van der Waals surface area (Å²) in [4.78, 5) is 37.2. The topological polar surface area (TPSA) is 108 Å². The van der Waals surface area contributed by atoms with Gasteiger partial charge in [-0.05, 0) is 58.4 Å². The van der Waals surface area contributed by atoms with Gasteiger partial charge in [-0.3, -0.25) is 9.59 Å². The molecule has 0 aromatic heterocycles. The van der Waals surface area contributed by atoms with Gasteiger partial charge < -0.3 is 14.2 Å². The first kappa shape index (κ1) is 31.2. The molecule has 0 saturated heterocycles. The van der Waals surface area contributed by atoms with Crippen molar-refractivity contribution in [3.8, 4) is 0 Å². The van der Waals surface area contributed by atoms with Crippen molar-refractivity contribution in [1.29, 1.82) is 0 Å². The number of hydrogen-bond acceptors (Lipinski definition) is 7. The maximum atomic E-state index is 13.6. The molecule has 1 spiro atoms. The van der Waals surface area contributed by atoms with E-state index in [4.69, 9.17) is 14.2 Å². The molecular formula is C32H43NO7S. The van der Waals surface area contributed by atoms with Crippen molar-refractivity contribution in [1.82, 2.24) is 4.72 Å². The van der Waals surface area contributed by atoms with E-state index in [0.717, 1.165) is 30.4 Å². The lowest BCUT2D eigenvalue weighted by molar-refractivity contribution is -0.151. The van der Waals surface area contributed by atoms with Crippen LogP contribution in [-0.2, 0) is 39.6 Å². The quantitative estimate of drug-likeness (QED) is 0.258. The first-order chi connectivity index (χ1) is 19.3. The second kappa shape index (κ2) is 12.2. The van der Waals surface area contributed by atoms with E-state index in [1.165, 1.54) is 26.5 Å². The Morgan fingerprint density at radius 3 is 2.22 bits per heavy atom. The number of benzene rings is 1. The molecule has 1 aromatic carbocycles. The Balaban J connectivity index is 1.92. The minimum Gasteiger partial charge on any atom is -0.466 e. The average molecular weight is 586 g/mol. The van der Waals surface area contributed by atoms with Gasteiger partial charge >= 0.3 is 17.9 Å². The third kappa shape index (κ3) is 6.36. The molecule has 1 unspecified atom stereocenters. The van der Waals surface area contributed by atoms with Gasteiger partial charge in [0, 0.05) is 42.2 Å². The van der Waals surface area contributed by atoms with E-state index in [9.17, 15) is 18.6 Å². The van der Waals surface area contributed by atoms with E-state index in [-0.39, 0.29) is 43.1 Å². The minimum atomic E-state index is -1.35. The van der Waals surface area contributed by atoms with Gasteiger partial charge in [0.2, 0.25) is 0 Å². The Labute approximate surface area is 245 Å². The fourth-order valence-electron chi connectivity index (χ4n) is 7.02. The summed E-state index contributed by atoms with van der Waals surface area (Å²) in [6.07, 6.45) is 6.06. The maximum absolute atomic E-state index is 13.6. The van der Waals surface area contributed by atoms with Crippen LogP contribution < -0.4 is 4.72 Å². The summed E-state index contributed by atoms with van der Waals surface area (Å²) in [5.41, 5.74) is 2.71. The largest absolute Gasteiger partial charge is 0.466 e. The van der Waals surface area contributed by atoms with E-state index in [0.29, 0.717) is 24.8 Å². The summed E-state index contributed by atoms with van der Waals surface area (Å²) in [7, 11) is 0.0602. The van der Waals surface area contributed by atoms with E-state index < -0.39 is 26.6 Å². The Morgan fingerprint density at radius 2 is 1.66 bits per heavy atom. The third-order valence-electron chi connectivity index (χ3n) is 8.75. The number of carbonyl (C=O) groups is 3. The number of fused-ring (bicyclic) bond motifs is 1. The summed E-state index contributed by atoms with van der Waals surface area (Å²) in [5, 5.41) is 0. The molecule has 3 aliphatic carbocycles. The zero-order valence-electron chi connectivity index (χ0n) is 25.0. The lowest BCUT2D eigenvalue weighted by Crippen LogP contribution is -2.51. The molecule has 3 aliphatic rings. The van der Waals surface area contributed by atoms with Crippen LogP contribution in [0.4, 0.5) is 0 Å². The second-order valence-electron chi connectivity index (χ2n) is 12.7. The molecule has 41 heavy (non-hydrogen) atoms. The SMILES string of the molecule is COC(=O)C1=CCC2=C(CC(COC(C)=O)(COC(C)=O)C2)[C@]2(CCC[C@@H]2NS(=O)C(C)(C)C)[C@@H]1c1ccccc1. The molecule has 0 amide bonds. The highest BCUT2D eigenvalue weighted by atomic mass is 32.2. The summed E-state index contributed by atoms with van der Waals surface area (Å²) in [6.45, 7) is 8.84. The normalized spacial score (nSPS) is 26.1. The van der Waals surface area contributed by atoms with E-state index in [1.54, 1.807) is 0 Å². The van der Waals surface area contributed by atoms with Crippen molar-refractivity contribution in [3.63, 3.8) is 0 Å². The van der Waals surface area contributed by atoms with Crippen LogP contribution >= 0.6 is 0 Å². The van der Waals surface area contributed by atoms with Gasteiger partial charge in [-0.1, -0.05) is 54.0 Å². The highest BCUT2D eigenvalue weighted by Crippen LogP contribution is 2.64. The van der Waals surface area contributed by atoms with Crippen molar-refractivity contribution in [3.05, 3.63) is 58.7 Å². The predicted molar refractivity (Wildman–Crippen MR) is 157 cm³/mol. The van der Waals surface area contributed by atoms with Gasteiger partial charge in [0.25, 0.3) is 0 Å². The zero-order valence-corrected chi connectivity index (χ0v) is 25.9. The Morgan fingerprint density at radius 1 is 1.02 bits per heavy atom. The number of esters is 3. The van der Waals surface area contributed by atoms with E-state index in [2.05, 4.69) is 4.72 Å². The van der Waals surface area contributed by atoms with Crippen LogP contribution in [0.2, 0.25) is 0 Å². The Kier molecular flexibility index (Phi) is 9.29. The van der Waals surface area contributed by atoms with Crippen molar-refractivity contribution in [2.75, 3.05) is 20.3 Å². The summed E-state index contributed by atoms with van der Waals surface area (Å²) in [5.74, 6) is -1.49. The van der Waals surface area contributed by atoms with Crippen LogP contribution in [0.15, 0.2) is 53.1 Å². The van der Waals surface area contributed by atoms with Crippen molar-refractivity contribution in [2.45, 2.75) is 89.9 Å². The predicted octanol–water partition coefficient (Wildman–Crippen LogP) is 5.07. The maximum Gasteiger partial charge on any atom is 0.334 e. The lowest BCUT2D eigenvalue weighted by atomic mass is 9.60. The summed E-state index contributed by atoms with van der Waals surface area (Å²) in [6, 6.07) is 9.81. The Hall–Kier alpha value is -2.78. The first-order valence-electron chi connectivity index (χ1n) is 14.3. The van der Waals surface area contributed by atoms with Gasteiger partial charge in [0.1, 0.15) is 13.2 Å². The van der Waals surface area contributed by atoms with Crippen LogP contribution in [0.1, 0.15) is 84.6 Å². The van der Waals surface area contributed by atoms with Crippen LogP contribution in [0.3, 0.4) is 0 Å². The van der Waals surface area contributed by atoms with E-state index in [1.807, 2.05) is 57.2 Å². The first-order valence-corrected chi connectivity index (χ1v) is 15.5. The molecule has 1 aromatic rings. The molecular weight excluding hydrogens is 542 g/mol. The van der Waals surface area contributed by atoms with Crippen LogP contribution in [0.5, 0.6) is 0 Å². The number of nitrogens with one attached hydrogen (secondary N) is 1. The van der Waals surface area contributed by atoms with Crippen molar-refractivity contribution < 1.29 is 32.8 Å². The van der Waals surface area contributed by atoms with Crippen LogP contribution in [0, 0.1) is 10.8 Å². The molecule has 0 heterocycles. The molecule has 4 rings (SSSR count). The molecule has 0 bridgehead atoms. The molecule has 1 saturated carbocycles. The number of allylic oxidation sites excluding steroid dienone is 2. The smallest absolute Gasteiger partial charge is 0.334 e. The molecule has 1 fully saturated rings. The highest BCUT2D eigenvalue weighted by molar-refractivity contribution is 7.84. The fourth-order valence-corrected chi connectivity index (χ4v) is 7.96. The zero-order chi connectivity index (χ0) is 30.0. The average Bonchev–Trinajstić information content (AvgIpc) is 3.47. The molecule has 224 valence electrons. The number of carbonyl (C=O) groups excluding carboxylic acids is 3. The van der Waals surface area contributed by atoms with Gasteiger partial charge in [-0.2, -0.15) is 0 Å². The van der Waals surface area contributed by atoms with E-state index >= 15 is 0 Å². The molecule has 4 atom stereocenters. The minimum absolute atomic E-state index is 0.119. The third-order valence-corrected chi connectivity index (χ3v) is 10.4. The van der Waals surface area contributed by atoms with Gasteiger partial charge in [-0.15, -0.1) is 0 Å². The Bertz CT molecular complexity index is 1240.